The molecule has 0 amide bonds. The summed E-state index contributed by atoms with van der Waals surface area (Å²) in [6.45, 7) is 0.385. The zero-order chi connectivity index (χ0) is 12.8. The van der Waals surface area contributed by atoms with Crippen LogP contribution in [-0.2, 0) is 0 Å². The second-order valence-corrected chi connectivity index (χ2v) is 4.11. The molecule has 2 rings (SSSR count). The average Bonchev–Trinajstić information content (AvgIpc) is 2.40. The summed E-state index contributed by atoms with van der Waals surface area (Å²) in [6, 6.07) is 14.3. The minimum atomic E-state index is -0.471. The third-order valence-corrected chi connectivity index (χ3v) is 2.65. The van der Waals surface area contributed by atoms with Gasteiger partial charge in [-0.25, -0.2) is 4.39 Å². The highest BCUT2D eigenvalue weighted by atomic mass is 35.5. The number of ether oxygens (including phenoxy) is 1. The Hall–Kier alpha value is -1.80. The Balaban J connectivity index is 1.89. The molecule has 3 heteroatoms. The number of rotatable bonds is 4. The SMILES string of the molecule is Fc1cc(OC/C=C/c2ccccc2)ccc1Cl. The third-order valence-electron chi connectivity index (χ3n) is 2.35. The van der Waals surface area contributed by atoms with Crippen LogP contribution in [0.25, 0.3) is 6.08 Å². The quantitative estimate of drug-likeness (QED) is 0.784. The molecule has 0 heterocycles. The summed E-state index contributed by atoms with van der Waals surface area (Å²) >= 11 is 5.58. The standard InChI is InChI=1S/C15H12ClFO/c16-14-9-8-13(11-15(14)17)18-10-4-7-12-5-2-1-3-6-12/h1-9,11H,10H2/b7-4+. The Morgan fingerprint density at radius 3 is 2.61 bits per heavy atom. The average molecular weight is 263 g/mol. The van der Waals surface area contributed by atoms with Crippen molar-refractivity contribution in [3.05, 3.63) is 71.0 Å². The fourth-order valence-electron chi connectivity index (χ4n) is 1.46. The molecule has 0 N–H and O–H groups in total. The molecule has 0 saturated carbocycles. The van der Waals surface area contributed by atoms with Gasteiger partial charge in [-0.15, -0.1) is 0 Å². The van der Waals surface area contributed by atoms with Crippen molar-refractivity contribution >= 4 is 17.7 Å². The van der Waals surface area contributed by atoms with Gasteiger partial charge in [0.05, 0.1) is 5.02 Å². The summed E-state index contributed by atoms with van der Waals surface area (Å²) in [4.78, 5) is 0. The summed E-state index contributed by atoms with van der Waals surface area (Å²) in [7, 11) is 0. The van der Waals surface area contributed by atoms with Gasteiger partial charge in [-0.3, -0.25) is 0 Å². The van der Waals surface area contributed by atoms with Gasteiger partial charge in [0.15, 0.2) is 0 Å². The number of benzene rings is 2. The van der Waals surface area contributed by atoms with E-state index in [1.807, 2.05) is 42.5 Å². The van der Waals surface area contributed by atoms with Crippen LogP contribution in [0.5, 0.6) is 5.75 Å². The lowest BCUT2D eigenvalue weighted by molar-refractivity contribution is 0.361. The van der Waals surface area contributed by atoms with E-state index in [1.54, 1.807) is 6.07 Å². The van der Waals surface area contributed by atoms with E-state index in [1.165, 1.54) is 12.1 Å². The van der Waals surface area contributed by atoms with Crippen molar-refractivity contribution in [3.63, 3.8) is 0 Å². The van der Waals surface area contributed by atoms with Crippen LogP contribution in [0.4, 0.5) is 4.39 Å². The van der Waals surface area contributed by atoms with Crippen molar-refractivity contribution in [2.45, 2.75) is 0 Å². The zero-order valence-corrected chi connectivity index (χ0v) is 10.4. The largest absolute Gasteiger partial charge is 0.489 e. The van der Waals surface area contributed by atoms with Crippen LogP contribution in [0.1, 0.15) is 5.56 Å². The molecule has 0 spiro atoms. The Bertz CT molecular complexity index is 537. The van der Waals surface area contributed by atoms with Crippen molar-refractivity contribution in [1.82, 2.24) is 0 Å². The fraction of sp³-hybridized carbons (Fsp3) is 0.0667. The smallest absolute Gasteiger partial charge is 0.145 e. The Labute approximate surface area is 110 Å². The van der Waals surface area contributed by atoms with E-state index in [0.29, 0.717) is 12.4 Å². The zero-order valence-electron chi connectivity index (χ0n) is 9.64. The van der Waals surface area contributed by atoms with Gasteiger partial charge < -0.3 is 4.74 Å². The summed E-state index contributed by atoms with van der Waals surface area (Å²) < 4.78 is 18.5. The maximum absolute atomic E-state index is 13.1. The number of hydrogen-bond donors (Lipinski definition) is 0. The lowest BCUT2D eigenvalue weighted by Crippen LogP contribution is -1.93. The van der Waals surface area contributed by atoms with Gasteiger partial charge in [0.2, 0.25) is 0 Å². The highest BCUT2D eigenvalue weighted by molar-refractivity contribution is 6.30. The van der Waals surface area contributed by atoms with E-state index in [2.05, 4.69) is 0 Å². The van der Waals surface area contributed by atoms with Gasteiger partial charge in [0.25, 0.3) is 0 Å². The van der Waals surface area contributed by atoms with Gasteiger partial charge in [0.1, 0.15) is 18.2 Å². The molecule has 2 aromatic carbocycles. The van der Waals surface area contributed by atoms with E-state index in [-0.39, 0.29) is 5.02 Å². The lowest BCUT2D eigenvalue weighted by Gasteiger charge is -2.03. The first-order valence-corrected chi connectivity index (χ1v) is 5.93. The highest BCUT2D eigenvalue weighted by Crippen LogP contribution is 2.20. The molecule has 0 saturated heterocycles. The van der Waals surface area contributed by atoms with E-state index in [9.17, 15) is 4.39 Å². The van der Waals surface area contributed by atoms with Crippen LogP contribution < -0.4 is 4.74 Å². The molecule has 0 aliphatic rings. The van der Waals surface area contributed by atoms with Crippen LogP contribution in [0.15, 0.2) is 54.6 Å². The number of halogens is 2. The first kappa shape index (κ1) is 12.7. The minimum absolute atomic E-state index is 0.0992. The molecule has 0 aliphatic carbocycles. The molecular weight excluding hydrogens is 251 g/mol. The fourth-order valence-corrected chi connectivity index (χ4v) is 1.58. The molecule has 0 fully saturated rings. The topological polar surface area (TPSA) is 9.23 Å². The molecule has 0 bridgehead atoms. The van der Waals surface area contributed by atoms with Gasteiger partial charge in [-0.1, -0.05) is 48.0 Å². The lowest BCUT2D eigenvalue weighted by atomic mass is 10.2. The maximum Gasteiger partial charge on any atom is 0.145 e. The molecule has 0 unspecified atom stereocenters. The van der Waals surface area contributed by atoms with Crippen molar-refractivity contribution in [3.8, 4) is 5.75 Å². The monoisotopic (exact) mass is 262 g/mol. The van der Waals surface area contributed by atoms with E-state index in [0.717, 1.165) is 5.56 Å². The van der Waals surface area contributed by atoms with Crippen molar-refractivity contribution in [2.24, 2.45) is 0 Å². The van der Waals surface area contributed by atoms with Crippen LogP contribution in [0, 0.1) is 5.82 Å². The molecule has 92 valence electrons. The van der Waals surface area contributed by atoms with Gasteiger partial charge >= 0.3 is 0 Å². The third kappa shape index (κ3) is 3.60. The first-order valence-electron chi connectivity index (χ1n) is 5.55. The molecule has 18 heavy (non-hydrogen) atoms. The van der Waals surface area contributed by atoms with Crippen LogP contribution in [-0.4, -0.2) is 6.61 Å². The summed E-state index contributed by atoms with van der Waals surface area (Å²) in [6.07, 6.45) is 3.83. The minimum Gasteiger partial charge on any atom is -0.489 e. The van der Waals surface area contributed by atoms with Crippen molar-refractivity contribution in [1.29, 1.82) is 0 Å². The summed E-state index contributed by atoms with van der Waals surface area (Å²) in [5, 5.41) is 0.0992. The second kappa shape index (κ2) is 6.22. The molecule has 0 radical (unpaired) electrons. The molecule has 0 aromatic heterocycles. The predicted molar refractivity (Wildman–Crippen MR) is 72.4 cm³/mol. The first-order chi connectivity index (χ1) is 8.75. The molecule has 1 nitrogen and oxygen atoms in total. The van der Waals surface area contributed by atoms with Crippen LogP contribution >= 0.6 is 11.6 Å². The Morgan fingerprint density at radius 2 is 1.89 bits per heavy atom. The Morgan fingerprint density at radius 1 is 1.11 bits per heavy atom. The predicted octanol–water partition coefficient (Wildman–Crippen LogP) is 4.57. The summed E-state index contributed by atoms with van der Waals surface area (Å²) in [5.74, 6) is -0.00387. The van der Waals surface area contributed by atoms with Gasteiger partial charge in [-0.05, 0) is 23.8 Å². The maximum atomic E-state index is 13.1. The highest BCUT2D eigenvalue weighted by Gasteiger charge is 2.00. The Kier molecular flexibility index (Phi) is 4.37. The molecule has 2 aromatic rings. The van der Waals surface area contributed by atoms with E-state index >= 15 is 0 Å². The van der Waals surface area contributed by atoms with Crippen LogP contribution in [0.3, 0.4) is 0 Å². The van der Waals surface area contributed by atoms with Crippen molar-refractivity contribution in [2.75, 3.05) is 6.61 Å². The number of hydrogen-bond acceptors (Lipinski definition) is 1. The molecule has 0 aliphatic heterocycles. The normalized spacial score (nSPS) is 10.8. The van der Waals surface area contributed by atoms with Crippen molar-refractivity contribution < 1.29 is 9.13 Å². The van der Waals surface area contributed by atoms with E-state index < -0.39 is 5.82 Å². The van der Waals surface area contributed by atoms with Gasteiger partial charge in [0, 0.05) is 6.07 Å². The molecular formula is C15H12ClFO. The van der Waals surface area contributed by atoms with E-state index in [4.69, 9.17) is 16.3 Å². The van der Waals surface area contributed by atoms with Crippen LogP contribution in [0.2, 0.25) is 5.02 Å². The second-order valence-electron chi connectivity index (χ2n) is 3.70. The van der Waals surface area contributed by atoms with Gasteiger partial charge in [-0.2, -0.15) is 0 Å². The molecule has 0 atom stereocenters. The summed E-state index contributed by atoms with van der Waals surface area (Å²) in [5.41, 5.74) is 1.10.